The number of ether oxygens (including phenoxy) is 1. The highest BCUT2D eigenvalue weighted by Crippen LogP contribution is 2.30. The molecule has 24 heavy (non-hydrogen) atoms. The van der Waals surface area contributed by atoms with E-state index in [4.69, 9.17) is 9.72 Å². The number of para-hydroxylation sites is 1. The van der Waals surface area contributed by atoms with Crippen molar-refractivity contribution < 1.29 is 9.53 Å². The number of piperazine rings is 1. The van der Waals surface area contributed by atoms with Crippen molar-refractivity contribution >= 4 is 27.5 Å². The number of amides is 1. The predicted octanol–water partition coefficient (Wildman–Crippen LogP) is 2.54. The maximum Gasteiger partial charge on any atom is 0.228 e. The molecule has 0 spiro atoms. The topological polar surface area (TPSA) is 45.7 Å². The van der Waals surface area contributed by atoms with E-state index in [1.807, 2.05) is 11.0 Å². The highest BCUT2D eigenvalue weighted by Gasteiger charge is 2.31. The van der Waals surface area contributed by atoms with Crippen LogP contribution in [-0.4, -0.2) is 60.1 Å². The molecule has 6 heteroatoms. The van der Waals surface area contributed by atoms with Crippen LogP contribution in [0.5, 0.6) is 0 Å². The molecule has 2 atom stereocenters. The van der Waals surface area contributed by atoms with Gasteiger partial charge in [-0.25, -0.2) is 4.98 Å². The first-order valence-electron chi connectivity index (χ1n) is 8.68. The minimum Gasteiger partial charge on any atom is -0.381 e. The molecular formula is C18H23N3O2S. The van der Waals surface area contributed by atoms with E-state index in [1.165, 1.54) is 9.71 Å². The maximum atomic E-state index is 12.5. The Kier molecular flexibility index (Phi) is 4.52. The maximum absolute atomic E-state index is 12.5. The second kappa shape index (κ2) is 6.78. The molecule has 3 heterocycles. The Labute approximate surface area is 146 Å². The van der Waals surface area contributed by atoms with E-state index in [2.05, 4.69) is 30.0 Å². The van der Waals surface area contributed by atoms with E-state index < -0.39 is 0 Å². The Balaban J connectivity index is 1.38. The van der Waals surface area contributed by atoms with Crippen LogP contribution in [0.3, 0.4) is 0 Å². The molecule has 1 aromatic carbocycles. The normalized spacial score (nSPS) is 23.7. The van der Waals surface area contributed by atoms with Gasteiger partial charge in [0.05, 0.1) is 28.8 Å². The molecule has 5 nitrogen and oxygen atoms in total. The lowest BCUT2D eigenvalue weighted by atomic mass is 10.1. The number of hydrogen-bond acceptors (Lipinski definition) is 5. The van der Waals surface area contributed by atoms with E-state index >= 15 is 0 Å². The molecular weight excluding hydrogens is 322 g/mol. The van der Waals surface area contributed by atoms with Gasteiger partial charge in [0, 0.05) is 32.8 Å². The van der Waals surface area contributed by atoms with Crippen LogP contribution < -0.4 is 0 Å². The van der Waals surface area contributed by atoms with Crippen molar-refractivity contribution in [3.63, 3.8) is 0 Å². The monoisotopic (exact) mass is 345 g/mol. The predicted molar refractivity (Wildman–Crippen MR) is 95.1 cm³/mol. The standard InChI is InChI=1S/C18H23N3O2S/c1-13(17-19-15-4-2-3-5-16(15)24-17)20-7-9-21(10-8-20)18(22)14-6-11-23-12-14/h2-5,13-14H,6-12H2,1H3/t13-,14-/m1/s1. The largest absolute Gasteiger partial charge is 0.381 e. The van der Waals surface area contributed by atoms with E-state index in [0.717, 1.165) is 44.7 Å². The van der Waals surface area contributed by atoms with Crippen LogP contribution in [0, 0.1) is 5.92 Å². The second-order valence-electron chi connectivity index (χ2n) is 6.62. The van der Waals surface area contributed by atoms with Crippen LogP contribution >= 0.6 is 11.3 Å². The van der Waals surface area contributed by atoms with Crippen molar-refractivity contribution in [3.8, 4) is 0 Å². The van der Waals surface area contributed by atoms with Crippen molar-refractivity contribution in [2.45, 2.75) is 19.4 Å². The van der Waals surface area contributed by atoms with E-state index in [0.29, 0.717) is 12.6 Å². The highest BCUT2D eigenvalue weighted by atomic mass is 32.1. The molecule has 0 radical (unpaired) electrons. The summed E-state index contributed by atoms with van der Waals surface area (Å²) in [6, 6.07) is 8.60. The number of thiazole rings is 1. The van der Waals surface area contributed by atoms with Gasteiger partial charge in [-0.05, 0) is 25.5 Å². The summed E-state index contributed by atoms with van der Waals surface area (Å²) in [7, 11) is 0. The first kappa shape index (κ1) is 16.0. The van der Waals surface area contributed by atoms with E-state index in [1.54, 1.807) is 11.3 Å². The van der Waals surface area contributed by atoms with Gasteiger partial charge in [-0.2, -0.15) is 0 Å². The zero-order valence-corrected chi connectivity index (χ0v) is 14.8. The Morgan fingerprint density at radius 2 is 2.08 bits per heavy atom. The first-order valence-corrected chi connectivity index (χ1v) is 9.50. The van der Waals surface area contributed by atoms with Gasteiger partial charge in [0.25, 0.3) is 0 Å². The lowest BCUT2D eigenvalue weighted by molar-refractivity contribution is -0.137. The fraction of sp³-hybridized carbons (Fsp3) is 0.556. The molecule has 2 aliphatic rings. The third-order valence-electron chi connectivity index (χ3n) is 5.12. The van der Waals surface area contributed by atoms with Crippen LogP contribution in [0.2, 0.25) is 0 Å². The average Bonchev–Trinajstić information content (AvgIpc) is 3.30. The molecule has 0 N–H and O–H groups in total. The summed E-state index contributed by atoms with van der Waals surface area (Å²) in [6.45, 7) is 6.99. The molecule has 1 aromatic heterocycles. The minimum absolute atomic E-state index is 0.0817. The zero-order valence-electron chi connectivity index (χ0n) is 14.0. The lowest BCUT2D eigenvalue weighted by Gasteiger charge is -2.38. The number of nitrogens with zero attached hydrogens (tertiary/aromatic N) is 3. The van der Waals surface area contributed by atoms with Crippen molar-refractivity contribution in [1.29, 1.82) is 0 Å². The van der Waals surface area contributed by atoms with Gasteiger partial charge in [-0.15, -0.1) is 11.3 Å². The number of fused-ring (bicyclic) bond motifs is 1. The van der Waals surface area contributed by atoms with Gasteiger partial charge in [-0.1, -0.05) is 12.1 Å². The Hall–Kier alpha value is -1.50. The number of hydrogen-bond donors (Lipinski definition) is 0. The highest BCUT2D eigenvalue weighted by molar-refractivity contribution is 7.18. The van der Waals surface area contributed by atoms with Crippen LogP contribution in [0.25, 0.3) is 10.2 Å². The summed E-state index contributed by atoms with van der Waals surface area (Å²) in [5, 5.41) is 1.17. The molecule has 2 saturated heterocycles. The number of carbonyl (C=O) groups excluding carboxylic acids is 1. The fourth-order valence-corrected chi connectivity index (χ4v) is 4.60. The summed E-state index contributed by atoms with van der Waals surface area (Å²) in [4.78, 5) is 21.7. The van der Waals surface area contributed by atoms with Gasteiger partial charge < -0.3 is 9.64 Å². The fourth-order valence-electron chi connectivity index (χ4n) is 3.54. The summed E-state index contributed by atoms with van der Waals surface area (Å²) in [5.74, 6) is 0.359. The lowest BCUT2D eigenvalue weighted by Crippen LogP contribution is -2.50. The molecule has 128 valence electrons. The molecule has 4 rings (SSSR count). The van der Waals surface area contributed by atoms with Crippen molar-refractivity contribution in [3.05, 3.63) is 29.3 Å². The second-order valence-corrected chi connectivity index (χ2v) is 7.68. The molecule has 0 bridgehead atoms. The third kappa shape index (κ3) is 3.06. The van der Waals surface area contributed by atoms with Crippen LogP contribution in [0.1, 0.15) is 24.4 Å². The number of aromatic nitrogens is 1. The van der Waals surface area contributed by atoms with Gasteiger partial charge in [0.15, 0.2) is 0 Å². The van der Waals surface area contributed by atoms with Gasteiger partial charge in [0.2, 0.25) is 5.91 Å². The SMILES string of the molecule is C[C@H](c1nc2ccccc2s1)N1CCN(C(=O)[C@@H]2CCOC2)CC1. The Morgan fingerprint density at radius 3 is 2.79 bits per heavy atom. The number of carbonyl (C=O) groups is 1. The Morgan fingerprint density at radius 1 is 1.29 bits per heavy atom. The smallest absolute Gasteiger partial charge is 0.228 e. The van der Waals surface area contributed by atoms with Gasteiger partial charge in [0.1, 0.15) is 5.01 Å². The molecule has 0 unspecified atom stereocenters. The van der Waals surface area contributed by atoms with Crippen LogP contribution in [-0.2, 0) is 9.53 Å². The van der Waals surface area contributed by atoms with Gasteiger partial charge in [-0.3, -0.25) is 9.69 Å². The summed E-state index contributed by atoms with van der Waals surface area (Å²) >= 11 is 1.78. The van der Waals surface area contributed by atoms with Crippen molar-refractivity contribution in [1.82, 2.24) is 14.8 Å². The van der Waals surface area contributed by atoms with Crippen molar-refractivity contribution in [2.75, 3.05) is 39.4 Å². The van der Waals surface area contributed by atoms with E-state index in [9.17, 15) is 4.79 Å². The quantitative estimate of drug-likeness (QED) is 0.858. The third-order valence-corrected chi connectivity index (χ3v) is 6.33. The number of benzene rings is 1. The van der Waals surface area contributed by atoms with Gasteiger partial charge >= 0.3 is 0 Å². The van der Waals surface area contributed by atoms with Crippen molar-refractivity contribution in [2.24, 2.45) is 5.92 Å². The molecule has 2 fully saturated rings. The molecule has 2 aromatic rings. The summed E-state index contributed by atoms with van der Waals surface area (Å²) in [6.07, 6.45) is 0.876. The summed E-state index contributed by atoms with van der Waals surface area (Å²) < 4.78 is 6.60. The van der Waals surface area contributed by atoms with Crippen LogP contribution in [0.15, 0.2) is 24.3 Å². The minimum atomic E-state index is 0.0817. The zero-order chi connectivity index (χ0) is 16.5. The molecule has 0 saturated carbocycles. The molecule has 0 aliphatic carbocycles. The molecule has 1 amide bonds. The first-order chi connectivity index (χ1) is 11.7. The number of rotatable bonds is 3. The van der Waals surface area contributed by atoms with E-state index in [-0.39, 0.29) is 11.8 Å². The Bertz CT molecular complexity index is 685. The molecule has 2 aliphatic heterocycles. The van der Waals surface area contributed by atoms with Crippen LogP contribution in [0.4, 0.5) is 0 Å². The summed E-state index contributed by atoms with van der Waals surface area (Å²) in [5.41, 5.74) is 1.08. The average molecular weight is 345 g/mol.